The van der Waals surface area contributed by atoms with Crippen molar-refractivity contribution in [1.29, 1.82) is 0 Å². The molecule has 102 valence electrons. The number of anilines is 1. The van der Waals surface area contributed by atoms with Crippen LogP contribution >= 0.6 is 0 Å². The highest BCUT2D eigenvalue weighted by Gasteiger charge is 2.38. The molecule has 1 aliphatic heterocycles. The number of carbonyl (C=O) groups excluding carboxylic acids is 1. The molecule has 0 aromatic heterocycles. The first-order valence-corrected chi connectivity index (χ1v) is 6.91. The second-order valence-corrected chi connectivity index (χ2v) is 5.86. The number of halogens is 1. The van der Waals surface area contributed by atoms with Gasteiger partial charge in [0, 0.05) is 18.8 Å². The lowest BCUT2D eigenvalue weighted by Gasteiger charge is -2.18. The van der Waals surface area contributed by atoms with E-state index < -0.39 is 5.82 Å². The lowest BCUT2D eigenvalue weighted by Crippen LogP contribution is -2.30. The smallest absolute Gasteiger partial charge is 0.256 e. The van der Waals surface area contributed by atoms with Gasteiger partial charge in [-0.15, -0.1) is 0 Å². The normalized spacial score (nSPS) is 25.7. The monoisotopic (exact) mass is 262 g/mol. The van der Waals surface area contributed by atoms with Crippen LogP contribution in [0.3, 0.4) is 0 Å². The number of nitrogens with two attached hydrogens (primary N) is 1. The Hall–Kier alpha value is -1.58. The van der Waals surface area contributed by atoms with Gasteiger partial charge in [-0.05, 0) is 49.3 Å². The molecule has 2 N–H and O–H groups in total. The Morgan fingerprint density at radius 2 is 1.95 bits per heavy atom. The van der Waals surface area contributed by atoms with Gasteiger partial charge in [0.25, 0.3) is 5.91 Å². The SMILES string of the molecule is Cc1cc(N)cc(C(=O)N2CC3CCCC3C2)c1F. The minimum Gasteiger partial charge on any atom is -0.399 e. The van der Waals surface area contributed by atoms with E-state index in [1.165, 1.54) is 25.3 Å². The number of likely N-dealkylation sites (tertiary alicyclic amines) is 1. The minimum absolute atomic E-state index is 0.123. The molecule has 1 amide bonds. The van der Waals surface area contributed by atoms with Crippen LogP contribution in [0.1, 0.15) is 35.2 Å². The molecule has 3 nitrogen and oxygen atoms in total. The first-order valence-electron chi connectivity index (χ1n) is 6.91. The zero-order valence-electron chi connectivity index (χ0n) is 11.2. The summed E-state index contributed by atoms with van der Waals surface area (Å²) in [5, 5.41) is 0. The molecule has 2 atom stereocenters. The third kappa shape index (κ3) is 2.09. The predicted molar refractivity (Wildman–Crippen MR) is 72.3 cm³/mol. The zero-order valence-corrected chi connectivity index (χ0v) is 11.2. The Balaban J connectivity index is 1.85. The summed E-state index contributed by atoms with van der Waals surface area (Å²) in [5.74, 6) is 0.599. The average Bonchev–Trinajstić information content (AvgIpc) is 2.93. The molecule has 1 aliphatic carbocycles. The van der Waals surface area contributed by atoms with Gasteiger partial charge in [-0.2, -0.15) is 0 Å². The number of amides is 1. The number of carbonyl (C=O) groups is 1. The molecule has 2 aliphatic rings. The van der Waals surface area contributed by atoms with Crippen molar-refractivity contribution in [2.45, 2.75) is 26.2 Å². The summed E-state index contributed by atoms with van der Waals surface area (Å²) in [5.41, 5.74) is 6.72. The van der Waals surface area contributed by atoms with Crippen LogP contribution in [0.25, 0.3) is 0 Å². The fourth-order valence-electron chi connectivity index (χ4n) is 3.52. The van der Waals surface area contributed by atoms with Crippen molar-refractivity contribution in [2.75, 3.05) is 18.8 Å². The lowest BCUT2D eigenvalue weighted by atomic mass is 10.0. The molecule has 1 aromatic rings. The number of nitrogen functional groups attached to an aromatic ring is 1. The molecule has 2 fully saturated rings. The van der Waals surface area contributed by atoms with E-state index in [9.17, 15) is 9.18 Å². The van der Waals surface area contributed by atoms with Crippen molar-refractivity contribution < 1.29 is 9.18 Å². The van der Waals surface area contributed by atoms with Crippen molar-refractivity contribution in [3.8, 4) is 0 Å². The van der Waals surface area contributed by atoms with Gasteiger partial charge < -0.3 is 10.6 Å². The third-order valence-corrected chi connectivity index (χ3v) is 4.52. The van der Waals surface area contributed by atoms with Crippen LogP contribution in [0.5, 0.6) is 0 Å². The van der Waals surface area contributed by atoms with Crippen molar-refractivity contribution in [1.82, 2.24) is 4.90 Å². The summed E-state index contributed by atoms with van der Waals surface area (Å²) in [7, 11) is 0. The zero-order chi connectivity index (χ0) is 13.6. The highest BCUT2D eigenvalue weighted by atomic mass is 19.1. The molecule has 1 saturated heterocycles. The average molecular weight is 262 g/mol. The van der Waals surface area contributed by atoms with Gasteiger partial charge in [-0.3, -0.25) is 4.79 Å². The standard InChI is InChI=1S/C15H19FN2O/c1-9-5-12(17)6-13(14(9)16)15(19)18-7-10-3-2-4-11(10)8-18/h5-6,10-11H,2-4,7-8,17H2,1H3. The molecule has 1 heterocycles. The molecule has 1 saturated carbocycles. The maximum Gasteiger partial charge on any atom is 0.256 e. The van der Waals surface area contributed by atoms with Gasteiger partial charge in [0.2, 0.25) is 0 Å². The Morgan fingerprint density at radius 3 is 2.58 bits per heavy atom. The van der Waals surface area contributed by atoms with E-state index in [0.717, 1.165) is 13.1 Å². The van der Waals surface area contributed by atoms with Crippen LogP contribution in [0.2, 0.25) is 0 Å². The molecule has 0 bridgehead atoms. The number of aryl methyl sites for hydroxylation is 1. The number of fused-ring (bicyclic) bond motifs is 1. The third-order valence-electron chi connectivity index (χ3n) is 4.52. The minimum atomic E-state index is -0.434. The quantitative estimate of drug-likeness (QED) is 0.791. The summed E-state index contributed by atoms with van der Waals surface area (Å²) < 4.78 is 14.1. The summed E-state index contributed by atoms with van der Waals surface area (Å²) in [6.45, 7) is 3.19. The summed E-state index contributed by atoms with van der Waals surface area (Å²) >= 11 is 0. The maximum absolute atomic E-state index is 14.1. The topological polar surface area (TPSA) is 46.3 Å². The van der Waals surface area contributed by atoms with Crippen LogP contribution in [0.4, 0.5) is 10.1 Å². The number of hydrogen-bond acceptors (Lipinski definition) is 2. The van der Waals surface area contributed by atoms with E-state index in [0.29, 0.717) is 23.1 Å². The van der Waals surface area contributed by atoms with Gasteiger partial charge in [-0.1, -0.05) is 6.42 Å². The van der Waals surface area contributed by atoms with Crippen molar-refractivity contribution in [2.24, 2.45) is 11.8 Å². The van der Waals surface area contributed by atoms with E-state index in [1.54, 1.807) is 17.9 Å². The molecule has 1 aromatic carbocycles. The molecule has 4 heteroatoms. The first-order chi connectivity index (χ1) is 9.06. The summed E-state index contributed by atoms with van der Waals surface area (Å²) in [6, 6.07) is 3.02. The molecular formula is C15H19FN2O. The summed E-state index contributed by atoms with van der Waals surface area (Å²) in [4.78, 5) is 14.2. The van der Waals surface area contributed by atoms with E-state index in [2.05, 4.69) is 0 Å². The first kappa shape index (κ1) is 12.5. The number of hydrogen-bond donors (Lipinski definition) is 1. The predicted octanol–water partition coefficient (Wildman–Crippen LogP) is 2.59. The maximum atomic E-state index is 14.1. The Morgan fingerprint density at radius 1 is 1.32 bits per heavy atom. The van der Waals surface area contributed by atoms with Crippen molar-refractivity contribution in [3.05, 3.63) is 29.1 Å². The molecule has 0 spiro atoms. The highest BCUT2D eigenvalue weighted by Crippen LogP contribution is 2.38. The van der Waals surface area contributed by atoms with Gasteiger partial charge in [0.1, 0.15) is 5.82 Å². The Bertz CT molecular complexity index is 517. The largest absolute Gasteiger partial charge is 0.399 e. The van der Waals surface area contributed by atoms with E-state index >= 15 is 0 Å². The number of nitrogens with zero attached hydrogens (tertiary/aromatic N) is 1. The molecule has 2 unspecified atom stereocenters. The number of rotatable bonds is 1. The Kier molecular flexibility index (Phi) is 2.96. The van der Waals surface area contributed by atoms with Crippen molar-refractivity contribution in [3.63, 3.8) is 0 Å². The van der Waals surface area contributed by atoms with Gasteiger partial charge >= 0.3 is 0 Å². The number of benzene rings is 1. The fourth-order valence-corrected chi connectivity index (χ4v) is 3.52. The molecule has 3 rings (SSSR count). The van der Waals surface area contributed by atoms with Gasteiger partial charge in [0.05, 0.1) is 5.56 Å². The van der Waals surface area contributed by atoms with Crippen LogP contribution in [-0.4, -0.2) is 23.9 Å². The van der Waals surface area contributed by atoms with Gasteiger partial charge in [-0.25, -0.2) is 4.39 Å². The second-order valence-electron chi connectivity index (χ2n) is 5.86. The van der Waals surface area contributed by atoms with Crippen molar-refractivity contribution >= 4 is 11.6 Å². The van der Waals surface area contributed by atoms with Crippen LogP contribution in [0, 0.1) is 24.6 Å². The van der Waals surface area contributed by atoms with Crippen LogP contribution in [0.15, 0.2) is 12.1 Å². The van der Waals surface area contributed by atoms with Crippen LogP contribution in [-0.2, 0) is 0 Å². The molecular weight excluding hydrogens is 243 g/mol. The Labute approximate surface area is 112 Å². The van der Waals surface area contributed by atoms with E-state index in [4.69, 9.17) is 5.73 Å². The second kappa shape index (κ2) is 4.51. The van der Waals surface area contributed by atoms with Gasteiger partial charge in [0.15, 0.2) is 0 Å². The van der Waals surface area contributed by atoms with E-state index in [-0.39, 0.29) is 11.5 Å². The lowest BCUT2D eigenvalue weighted by molar-refractivity contribution is 0.0776. The molecule has 0 radical (unpaired) electrons. The fraction of sp³-hybridized carbons (Fsp3) is 0.533. The summed E-state index contributed by atoms with van der Waals surface area (Å²) in [6.07, 6.45) is 3.67. The van der Waals surface area contributed by atoms with E-state index in [1.807, 2.05) is 0 Å². The van der Waals surface area contributed by atoms with Crippen LogP contribution < -0.4 is 5.73 Å². The highest BCUT2D eigenvalue weighted by molar-refractivity contribution is 5.95. The molecule has 19 heavy (non-hydrogen) atoms.